The first-order valence-electron chi connectivity index (χ1n) is 10.0. The Morgan fingerprint density at radius 1 is 0.967 bits per heavy atom. The first-order valence-corrected chi connectivity index (χ1v) is 10.4. The van der Waals surface area contributed by atoms with E-state index in [4.69, 9.17) is 21.1 Å². The Morgan fingerprint density at radius 3 is 2.43 bits per heavy atom. The average Bonchev–Trinajstić information content (AvgIpc) is 2.78. The van der Waals surface area contributed by atoms with Crippen LogP contribution in [0.25, 0.3) is 10.8 Å². The number of piperazine rings is 1. The van der Waals surface area contributed by atoms with Crippen LogP contribution in [0.2, 0.25) is 5.02 Å². The highest BCUT2D eigenvalue weighted by Crippen LogP contribution is 2.36. The van der Waals surface area contributed by atoms with Gasteiger partial charge in [-0.25, -0.2) is 0 Å². The van der Waals surface area contributed by atoms with Crippen LogP contribution in [0.4, 0.5) is 0 Å². The lowest BCUT2D eigenvalue weighted by atomic mass is 10.0. The Hall–Kier alpha value is -2.76. The van der Waals surface area contributed by atoms with Crippen molar-refractivity contribution >= 4 is 28.3 Å². The molecule has 1 aliphatic rings. The van der Waals surface area contributed by atoms with Crippen LogP contribution in [0.3, 0.4) is 0 Å². The maximum atomic E-state index is 13.0. The smallest absolute Gasteiger partial charge is 0.254 e. The summed E-state index contributed by atoms with van der Waals surface area (Å²) < 4.78 is 10.6. The van der Waals surface area contributed by atoms with E-state index in [1.54, 1.807) is 12.1 Å². The molecule has 0 aliphatic carbocycles. The molecule has 0 N–H and O–H groups in total. The number of carbonyl (C=O) groups is 1. The van der Waals surface area contributed by atoms with Crippen molar-refractivity contribution in [3.8, 4) is 11.5 Å². The molecule has 6 heteroatoms. The van der Waals surface area contributed by atoms with Gasteiger partial charge in [-0.2, -0.15) is 0 Å². The molecule has 4 rings (SSSR count). The minimum atomic E-state index is -0.0392. The Morgan fingerprint density at radius 2 is 1.70 bits per heavy atom. The minimum Gasteiger partial charge on any atom is -0.493 e. The van der Waals surface area contributed by atoms with Crippen molar-refractivity contribution in [2.75, 3.05) is 40.4 Å². The minimum absolute atomic E-state index is 0.0392. The number of halogens is 1. The predicted octanol–water partition coefficient (Wildman–Crippen LogP) is 4.47. The second-order valence-electron chi connectivity index (χ2n) is 7.40. The molecule has 156 valence electrons. The number of rotatable bonds is 5. The van der Waals surface area contributed by atoms with Gasteiger partial charge in [0.25, 0.3) is 5.91 Å². The van der Waals surface area contributed by atoms with E-state index in [2.05, 4.69) is 47.4 Å². The maximum Gasteiger partial charge on any atom is 0.254 e. The third-order valence-corrected chi connectivity index (χ3v) is 5.89. The summed E-state index contributed by atoms with van der Waals surface area (Å²) in [5.74, 6) is 0.862. The highest BCUT2D eigenvalue weighted by molar-refractivity contribution is 6.32. The fraction of sp³-hybridized carbons (Fsp3) is 0.292. The van der Waals surface area contributed by atoms with Crippen LogP contribution in [0.1, 0.15) is 15.9 Å². The van der Waals surface area contributed by atoms with E-state index in [-0.39, 0.29) is 5.91 Å². The lowest BCUT2D eigenvalue weighted by Gasteiger charge is -2.35. The van der Waals surface area contributed by atoms with E-state index in [1.807, 2.05) is 4.90 Å². The van der Waals surface area contributed by atoms with Crippen molar-refractivity contribution < 1.29 is 14.3 Å². The fourth-order valence-electron chi connectivity index (χ4n) is 4.00. The van der Waals surface area contributed by atoms with Crippen molar-refractivity contribution in [2.45, 2.75) is 6.54 Å². The van der Waals surface area contributed by atoms with Gasteiger partial charge in [-0.15, -0.1) is 0 Å². The van der Waals surface area contributed by atoms with Gasteiger partial charge in [-0.3, -0.25) is 9.69 Å². The predicted molar refractivity (Wildman–Crippen MR) is 120 cm³/mol. The Kier molecular flexibility index (Phi) is 6.11. The number of benzene rings is 3. The molecule has 5 nitrogen and oxygen atoms in total. The summed E-state index contributed by atoms with van der Waals surface area (Å²) in [4.78, 5) is 17.3. The van der Waals surface area contributed by atoms with Gasteiger partial charge < -0.3 is 14.4 Å². The van der Waals surface area contributed by atoms with Crippen LogP contribution in [0, 0.1) is 0 Å². The second-order valence-corrected chi connectivity index (χ2v) is 7.81. The summed E-state index contributed by atoms with van der Waals surface area (Å²) in [6, 6.07) is 18.2. The van der Waals surface area contributed by atoms with Crippen LogP contribution in [0.15, 0.2) is 54.6 Å². The molecule has 0 saturated carbocycles. The average molecular weight is 425 g/mol. The molecule has 0 bridgehead atoms. The van der Waals surface area contributed by atoms with Gasteiger partial charge in [0.2, 0.25) is 0 Å². The molecule has 0 atom stereocenters. The van der Waals surface area contributed by atoms with Crippen LogP contribution in [-0.2, 0) is 6.54 Å². The van der Waals surface area contributed by atoms with Gasteiger partial charge in [0.1, 0.15) is 0 Å². The molecule has 3 aromatic carbocycles. The summed E-state index contributed by atoms with van der Waals surface area (Å²) in [5.41, 5.74) is 1.83. The van der Waals surface area contributed by atoms with Gasteiger partial charge in [-0.1, -0.05) is 54.1 Å². The number of amides is 1. The largest absolute Gasteiger partial charge is 0.493 e. The monoisotopic (exact) mass is 424 g/mol. The number of ether oxygens (including phenoxy) is 2. The van der Waals surface area contributed by atoms with Crippen molar-refractivity contribution in [1.29, 1.82) is 0 Å². The van der Waals surface area contributed by atoms with Gasteiger partial charge in [0, 0.05) is 38.3 Å². The van der Waals surface area contributed by atoms with Crippen LogP contribution < -0.4 is 9.47 Å². The molecule has 0 radical (unpaired) electrons. The number of hydrogen-bond acceptors (Lipinski definition) is 4. The van der Waals surface area contributed by atoms with Crippen LogP contribution in [0.5, 0.6) is 11.5 Å². The summed E-state index contributed by atoms with van der Waals surface area (Å²) in [5, 5.41) is 2.92. The zero-order chi connectivity index (χ0) is 21.1. The van der Waals surface area contributed by atoms with E-state index in [0.29, 0.717) is 35.2 Å². The SMILES string of the molecule is COc1cc(C(=O)N2CCN(Cc3cccc4ccccc34)CC2)cc(Cl)c1OC. The van der Waals surface area contributed by atoms with Crippen LogP contribution >= 0.6 is 11.6 Å². The summed E-state index contributed by atoms with van der Waals surface area (Å²) in [7, 11) is 3.06. The number of fused-ring (bicyclic) bond motifs is 1. The molecule has 1 heterocycles. The zero-order valence-electron chi connectivity index (χ0n) is 17.2. The third kappa shape index (κ3) is 4.09. The molecule has 1 aliphatic heterocycles. The molecule has 0 aromatic heterocycles. The molecular formula is C24H25ClN2O3. The Bertz CT molecular complexity index is 1060. The molecular weight excluding hydrogens is 400 g/mol. The standard InChI is InChI=1S/C24H25ClN2O3/c1-29-22-15-19(14-21(25)23(22)30-2)24(28)27-12-10-26(11-13-27)16-18-8-5-7-17-6-3-4-9-20(17)18/h3-9,14-15H,10-13,16H2,1-2H3. The highest BCUT2D eigenvalue weighted by atomic mass is 35.5. The Balaban J connectivity index is 1.43. The molecule has 1 fully saturated rings. The topological polar surface area (TPSA) is 42.0 Å². The molecule has 0 unspecified atom stereocenters. The first kappa shape index (κ1) is 20.5. The van der Waals surface area contributed by atoms with Crippen molar-refractivity contribution in [3.63, 3.8) is 0 Å². The molecule has 1 amide bonds. The van der Waals surface area contributed by atoms with E-state index >= 15 is 0 Å². The van der Waals surface area contributed by atoms with Crippen LogP contribution in [-0.4, -0.2) is 56.1 Å². The van der Waals surface area contributed by atoms with Crippen molar-refractivity contribution in [2.24, 2.45) is 0 Å². The lowest BCUT2D eigenvalue weighted by Crippen LogP contribution is -2.48. The van der Waals surface area contributed by atoms with E-state index < -0.39 is 0 Å². The van der Waals surface area contributed by atoms with Gasteiger partial charge in [0.05, 0.1) is 19.2 Å². The second kappa shape index (κ2) is 8.94. The van der Waals surface area contributed by atoms with E-state index in [9.17, 15) is 4.79 Å². The highest BCUT2D eigenvalue weighted by Gasteiger charge is 2.24. The fourth-order valence-corrected chi connectivity index (χ4v) is 4.29. The zero-order valence-corrected chi connectivity index (χ0v) is 18.0. The normalized spacial score (nSPS) is 14.7. The van der Waals surface area contributed by atoms with E-state index in [0.717, 1.165) is 19.6 Å². The van der Waals surface area contributed by atoms with E-state index in [1.165, 1.54) is 30.6 Å². The molecule has 1 saturated heterocycles. The molecule has 3 aromatic rings. The quantitative estimate of drug-likeness (QED) is 0.606. The van der Waals surface area contributed by atoms with Gasteiger partial charge in [0.15, 0.2) is 11.5 Å². The van der Waals surface area contributed by atoms with Crippen molar-refractivity contribution in [1.82, 2.24) is 9.80 Å². The lowest BCUT2D eigenvalue weighted by molar-refractivity contribution is 0.0628. The number of methoxy groups -OCH3 is 2. The maximum absolute atomic E-state index is 13.0. The van der Waals surface area contributed by atoms with Crippen molar-refractivity contribution in [3.05, 3.63) is 70.7 Å². The third-order valence-electron chi connectivity index (χ3n) is 5.61. The number of nitrogens with zero attached hydrogens (tertiary/aromatic N) is 2. The summed E-state index contributed by atoms with van der Waals surface area (Å²) >= 11 is 6.27. The van der Waals surface area contributed by atoms with Gasteiger partial charge >= 0.3 is 0 Å². The summed E-state index contributed by atoms with van der Waals surface area (Å²) in [6.45, 7) is 3.89. The summed E-state index contributed by atoms with van der Waals surface area (Å²) in [6.07, 6.45) is 0. The Labute approximate surface area is 181 Å². The number of hydrogen-bond donors (Lipinski definition) is 0. The molecule has 30 heavy (non-hydrogen) atoms. The first-order chi connectivity index (χ1) is 14.6. The molecule has 0 spiro atoms. The van der Waals surface area contributed by atoms with Gasteiger partial charge in [-0.05, 0) is 28.5 Å². The number of carbonyl (C=O) groups excluding carboxylic acids is 1.